The maximum atomic E-state index is 10.7. The molecule has 26 heteroatoms. The average molecular weight is 1740 g/mol. The number of hydrogen-bond donors (Lipinski definition) is 2. The van der Waals surface area contributed by atoms with Crippen molar-refractivity contribution in [3.05, 3.63) is 95.6 Å². The zero-order valence-corrected chi connectivity index (χ0v) is 64.3. The van der Waals surface area contributed by atoms with E-state index in [1.165, 1.54) is 119 Å². The van der Waals surface area contributed by atoms with Gasteiger partial charge in [-0.05, 0) is 135 Å². The molecule has 1 aromatic carbocycles. The smallest absolute Gasteiger partial charge is 0.485 e. The van der Waals surface area contributed by atoms with Crippen LogP contribution in [0.5, 0.6) is 0 Å². The Balaban J connectivity index is -0.000000183. The average Bonchev–Trinajstić information content (AvgIpc) is 3.56. The van der Waals surface area contributed by atoms with E-state index in [9.17, 15) is 35.9 Å². The van der Waals surface area contributed by atoms with Gasteiger partial charge in [-0.3, -0.25) is 19.6 Å². The number of pyridine rings is 2. The summed E-state index contributed by atoms with van der Waals surface area (Å²) in [6.45, 7) is 27.5. The van der Waals surface area contributed by atoms with E-state index in [2.05, 4.69) is 117 Å². The summed E-state index contributed by atoms with van der Waals surface area (Å²) in [5.74, 6) is 11.1. The number of carbonyl (C=O) groups is 2. The molecule has 0 unspecified atom stereocenters. The molecule has 0 atom stereocenters. The number of alkyl halides is 6. The van der Waals surface area contributed by atoms with E-state index >= 15 is 0 Å². The first-order valence-corrected chi connectivity index (χ1v) is 40.6. The SMILES string of the molecule is C(#Cc1ccc(C#Cc2ccncc2)cc1)c1ccncc1.CCP(CC)CC.CCP(CC)CC.CCP(CC)CC.CCP(CC)CC.O=C(O)CCCCCCCCCCCCCCCC(=O)O.O=S(=O)([O-])C(F)(F)F.O=S(=O)([O-])C(F)(F)F.[Pt].[Pt]. The first kappa shape index (κ1) is 101. The van der Waals surface area contributed by atoms with E-state index in [-0.39, 0.29) is 42.1 Å². The number of halogens is 6. The van der Waals surface area contributed by atoms with Crippen molar-refractivity contribution in [3.8, 4) is 23.7 Å². The summed E-state index contributed by atoms with van der Waals surface area (Å²) >= 11 is 0. The van der Waals surface area contributed by atoms with Gasteiger partial charge in [0, 0.05) is 102 Å². The number of unbranched alkanes of at least 4 members (excludes halogenated alkanes) is 12. The third-order valence-electron chi connectivity index (χ3n) is 12.7. The summed E-state index contributed by atoms with van der Waals surface area (Å²) in [4.78, 5) is 28.6. The maximum absolute atomic E-state index is 10.7. The second-order valence-corrected chi connectivity index (χ2v) is 34.4. The van der Waals surface area contributed by atoms with Gasteiger partial charge in [0.25, 0.3) is 0 Å². The zero-order chi connectivity index (χ0) is 67.6. The number of benzene rings is 1. The molecular formula is C63H104F6N2O10P4Pt2S2-2. The number of hydrogen-bond acceptors (Lipinski definition) is 10. The van der Waals surface area contributed by atoms with Crippen LogP contribution in [0.15, 0.2) is 73.3 Å². The van der Waals surface area contributed by atoms with Crippen molar-refractivity contribution in [1.82, 2.24) is 9.97 Å². The van der Waals surface area contributed by atoms with Crippen molar-refractivity contribution in [1.29, 1.82) is 0 Å². The van der Waals surface area contributed by atoms with Crippen LogP contribution < -0.4 is 0 Å². The molecule has 2 N–H and O–H groups in total. The van der Waals surface area contributed by atoms with Crippen LogP contribution in [-0.2, 0) is 72.0 Å². The van der Waals surface area contributed by atoms with Gasteiger partial charge in [0.2, 0.25) is 0 Å². The summed E-state index contributed by atoms with van der Waals surface area (Å²) in [5.41, 5.74) is -7.45. The molecule has 522 valence electrons. The van der Waals surface area contributed by atoms with E-state index in [0.29, 0.717) is 44.5 Å². The van der Waals surface area contributed by atoms with E-state index in [0.717, 1.165) is 60.8 Å². The van der Waals surface area contributed by atoms with Crippen molar-refractivity contribution in [3.63, 3.8) is 0 Å². The second kappa shape index (κ2) is 66.1. The van der Waals surface area contributed by atoms with Gasteiger partial charge in [0.05, 0.1) is 0 Å². The number of carboxylic acid groups (broad SMARTS) is 2. The molecule has 0 saturated carbocycles. The number of nitrogens with zero attached hydrogens (tertiary/aromatic N) is 2. The van der Waals surface area contributed by atoms with Crippen LogP contribution in [0, 0.1) is 23.7 Å². The molecule has 0 saturated heterocycles. The maximum Gasteiger partial charge on any atom is 0.485 e. The monoisotopic (exact) mass is 1740 g/mol. The van der Waals surface area contributed by atoms with Gasteiger partial charge >= 0.3 is 23.0 Å². The summed E-state index contributed by atoms with van der Waals surface area (Å²) in [6, 6.07) is 15.5. The molecule has 12 nitrogen and oxygen atoms in total. The van der Waals surface area contributed by atoms with Gasteiger partial charge < -0.3 is 19.3 Å². The fraction of sp³-hybridized carbons (Fsp3) is 0.651. The van der Waals surface area contributed by atoms with Gasteiger partial charge in [-0.1, -0.05) is 177 Å². The van der Waals surface area contributed by atoms with Crippen LogP contribution in [0.1, 0.15) is 202 Å². The quantitative estimate of drug-likeness (QED) is 0.0173. The molecule has 0 aliphatic carbocycles. The van der Waals surface area contributed by atoms with Gasteiger partial charge in [0.15, 0.2) is 20.2 Å². The second-order valence-electron chi connectivity index (χ2n) is 18.7. The summed E-state index contributed by atoms with van der Waals surface area (Å²) < 4.78 is 118. The standard InChI is InChI=1S/C20H12N2.C17H32O4.4C6H15P.2CHF3O3S.2Pt/c1-2-18(6-8-20-11-15-22-16-12-20)4-3-17(1)5-7-19-9-13-21-14-10-19;18-16(19)14-12-10-8-6-4-2-1-3-5-7-9-11-13-15-17(20)21;4*1-4-7(5-2)6-3;2*2-1(3,4)8(5,6)7;;/h1-4,9-16H;1-15H2,(H,18,19)(H,20,21);4*4-6H2,1-3H3;2*(H,5,6,7);;/p-2. The molecule has 3 rings (SSSR count). The molecule has 0 amide bonds. The minimum atomic E-state index is -6.09. The van der Waals surface area contributed by atoms with Crippen LogP contribution >= 0.6 is 31.7 Å². The Labute approximate surface area is 567 Å². The van der Waals surface area contributed by atoms with Crippen molar-refractivity contribution in [2.75, 3.05) is 73.9 Å². The topological polar surface area (TPSA) is 215 Å². The molecule has 2 aromatic heterocycles. The summed E-state index contributed by atoms with van der Waals surface area (Å²) in [5, 5.41) is 17.0. The molecule has 89 heavy (non-hydrogen) atoms. The first-order chi connectivity index (χ1) is 40.9. The molecule has 0 spiro atoms. The Hall–Kier alpha value is -1.92. The van der Waals surface area contributed by atoms with E-state index < -0.39 is 43.2 Å². The molecule has 0 fully saturated rings. The predicted octanol–water partition coefficient (Wildman–Crippen LogP) is 18.5. The van der Waals surface area contributed by atoms with Gasteiger partial charge in [0.1, 0.15) is 0 Å². The normalized spacial score (nSPS) is 10.5. The molecule has 3 aromatic rings. The van der Waals surface area contributed by atoms with Crippen molar-refractivity contribution >= 4 is 63.9 Å². The molecule has 0 bridgehead atoms. The largest absolute Gasteiger partial charge is 0.741 e. The number of aromatic nitrogens is 2. The molecule has 0 aliphatic heterocycles. The minimum Gasteiger partial charge on any atom is -0.741 e. The first-order valence-electron chi connectivity index (χ1n) is 30.2. The molecular weight excluding hydrogens is 1640 g/mol. The number of aliphatic carboxylic acids is 2. The Morgan fingerprint density at radius 1 is 0.371 bits per heavy atom. The van der Waals surface area contributed by atoms with Crippen LogP contribution in [0.3, 0.4) is 0 Å². The van der Waals surface area contributed by atoms with Crippen LogP contribution in [0.4, 0.5) is 26.3 Å². The van der Waals surface area contributed by atoms with Crippen LogP contribution in [0.2, 0.25) is 0 Å². The Bertz CT molecular complexity index is 2230. The Kier molecular flexibility index (Phi) is 74.7. The number of rotatable bonds is 28. The fourth-order valence-electron chi connectivity index (χ4n) is 6.98. The van der Waals surface area contributed by atoms with Gasteiger partial charge in [-0.25, -0.2) is 16.8 Å². The van der Waals surface area contributed by atoms with E-state index in [1.54, 1.807) is 24.8 Å². The Morgan fingerprint density at radius 3 is 0.640 bits per heavy atom. The summed E-state index contributed by atoms with van der Waals surface area (Å²) in [6.07, 6.45) is 39.5. The van der Waals surface area contributed by atoms with Crippen LogP contribution in [0.25, 0.3) is 0 Å². The van der Waals surface area contributed by atoms with E-state index in [1.807, 2.05) is 48.5 Å². The van der Waals surface area contributed by atoms with Gasteiger partial charge in [-0.15, -0.1) is 31.7 Å². The van der Waals surface area contributed by atoms with Gasteiger partial charge in [-0.2, -0.15) is 26.3 Å². The fourth-order valence-corrected chi connectivity index (χ4v) is 12.3. The van der Waals surface area contributed by atoms with Crippen molar-refractivity contribution in [2.24, 2.45) is 0 Å². The van der Waals surface area contributed by atoms with Crippen LogP contribution in [-0.4, -0.2) is 143 Å². The third-order valence-corrected chi connectivity index (χ3v) is 24.5. The van der Waals surface area contributed by atoms with E-state index in [4.69, 9.17) is 36.2 Å². The molecule has 0 aliphatic rings. The molecule has 2 heterocycles. The third kappa shape index (κ3) is 68.7. The Morgan fingerprint density at radius 2 is 0.517 bits per heavy atom. The predicted molar refractivity (Wildman–Crippen MR) is 357 cm³/mol. The minimum absolute atomic E-state index is 0. The molecule has 0 radical (unpaired) electrons. The van der Waals surface area contributed by atoms with Crippen molar-refractivity contribution < 1.29 is 114 Å². The number of carboxylic acids is 2. The summed E-state index contributed by atoms with van der Waals surface area (Å²) in [7, 11) is -10.4. The zero-order valence-electron chi connectivity index (χ0n) is 54.6. The van der Waals surface area contributed by atoms with Crippen molar-refractivity contribution in [2.45, 2.75) is 190 Å².